The van der Waals surface area contributed by atoms with Gasteiger partial charge in [-0.25, -0.2) is 4.79 Å². The first kappa shape index (κ1) is 17.2. The van der Waals surface area contributed by atoms with E-state index in [0.29, 0.717) is 12.3 Å². The van der Waals surface area contributed by atoms with E-state index in [2.05, 4.69) is 10.1 Å². The van der Waals surface area contributed by atoms with Crippen molar-refractivity contribution in [1.82, 2.24) is 10.2 Å². The van der Waals surface area contributed by atoms with Gasteiger partial charge in [-0.15, -0.1) is 0 Å². The van der Waals surface area contributed by atoms with Gasteiger partial charge >= 0.3 is 5.97 Å². The van der Waals surface area contributed by atoms with Crippen molar-refractivity contribution in [2.24, 2.45) is 0 Å². The number of rotatable bonds is 7. The van der Waals surface area contributed by atoms with Crippen LogP contribution in [0, 0.1) is 0 Å². The predicted molar refractivity (Wildman–Crippen MR) is 79.0 cm³/mol. The lowest BCUT2D eigenvalue weighted by atomic mass is 10.2. The van der Waals surface area contributed by atoms with Crippen LogP contribution in [0.3, 0.4) is 0 Å². The molecule has 1 unspecified atom stereocenters. The summed E-state index contributed by atoms with van der Waals surface area (Å²) in [5, 5.41) is 2.86. The maximum atomic E-state index is 11.9. The lowest BCUT2D eigenvalue weighted by molar-refractivity contribution is -0.123. The SMILES string of the molecule is CCN(CC(=O)NC(C)C)C(C)c1ccc(C(=O)OC)o1. The zero-order valence-corrected chi connectivity index (χ0v) is 13.3. The molecule has 0 bridgehead atoms. The van der Waals surface area contributed by atoms with Gasteiger partial charge in [0.05, 0.1) is 19.7 Å². The van der Waals surface area contributed by atoms with Crippen LogP contribution in [0.4, 0.5) is 0 Å². The molecule has 1 aromatic heterocycles. The van der Waals surface area contributed by atoms with Gasteiger partial charge in [0, 0.05) is 6.04 Å². The number of carbonyl (C=O) groups excluding carboxylic acids is 2. The third-order valence-electron chi connectivity index (χ3n) is 3.18. The first-order valence-corrected chi connectivity index (χ1v) is 7.10. The molecule has 1 atom stereocenters. The number of nitrogens with zero attached hydrogens (tertiary/aromatic N) is 1. The van der Waals surface area contributed by atoms with Crippen LogP contribution in [0.1, 0.15) is 50.1 Å². The Labute approximate surface area is 125 Å². The molecule has 1 amide bonds. The van der Waals surface area contributed by atoms with Crippen molar-refractivity contribution < 1.29 is 18.7 Å². The van der Waals surface area contributed by atoms with Crippen LogP contribution in [-0.2, 0) is 9.53 Å². The largest absolute Gasteiger partial charge is 0.463 e. The highest BCUT2D eigenvalue weighted by Crippen LogP contribution is 2.22. The number of esters is 1. The fraction of sp³-hybridized carbons (Fsp3) is 0.600. The summed E-state index contributed by atoms with van der Waals surface area (Å²) in [4.78, 5) is 25.2. The number of hydrogen-bond acceptors (Lipinski definition) is 5. The quantitative estimate of drug-likeness (QED) is 0.779. The molecular formula is C15H24N2O4. The van der Waals surface area contributed by atoms with E-state index in [-0.39, 0.29) is 30.3 Å². The highest BCUT2D eigenvalue weighted by molar-refractivity contribution is 5.86. The van der Waals surface area contributed by atoms with Crippen molar-refractivity contribution in [1.29, 1.82) is 0 Å². The fourth-order valence-corrected chi connectivity index (χ4v) is 2.04. The van der Waals surface area contributed by atoms with E-state index in [0.717, 1.165) is 0 Å². The Balaban J connectivity index is 2.74. The molecule has 6 heteroatoms. The standard InChI is InChI=1S/C15H24N2O4/c1-6-17(9-14(18)16-10(2)3)11(4)12-7-8-13(21-12)15(19)20-5/h7-8,10-11H,6,9H2,1-5H3,(H,16,18). The summed E-state index contributed by atoms with van der Waals surface area (Å²) in [7, 11) is 1.31. The number of likely N-dealkylation sites (N-methyl/N-ethyl adjacent to an activating group) is 1. The molecule has 0 aliphatic rings. The molecule has 21 heavy (non-hydrogen) atoms. The van der Waals surface area contributed by atoms with E-state index in [4.69, 9.17) is 4.42 Å². The van der Waals surface area contributed by atoms with Crippen LogP contribution in [0.5, 0.6) is 0 Å². The predicted octanol–water partition coefficient (Wildman–Crippen LogP) is 1.97. The van der Waals surface area contributed by atoms with Gasteiger partial charge in [0.25, 0.3) is 0 Å². The molecular weight excluding hydrogens is 272 g/mol. The number of hydrogen-bond donors (Lipinski definition) is 1. The second-order valence-electron chi connectivity index (χ2n) is 5.15. The molecule has 6 nitrogen and oxygen atoms in total. The molecule has 1 rings (SSSR count). The monoisotopic (exact) mass is 296 g/mol. The van der Waals surface area contributed by atoms with Crippen LogP contribution in [0.2, 0.25) is 0 Å². The molecule has 1 aromatic rings. The molecule has 0 spiro atoms. The Bertz CT molecular complexity index is 482. The van der Waals surface area contributed by atoms with E-state index in [1.807, 2.05) is 32.6 Å². The number of ether oxygens (including phenoxy) is 1. The Kier molecular flexibility index (Phi) is 6.42. The number of methoxy groups -OCH3 is 1. The minimum atomic E-state index is -0.506. The van der Waals surface area contributed by atoms with Gasteiger partial charge in [0.1, 0.15) is 5.76 Å². The maximum absolute atomic E-state index is 11.9. The van der Waals surface area contributed by atoms with Crippen LogP contribution < -0.4 is 5.32 Å². The van der Waals surface area contributed by atoms with Crippen LogP contribution in [-0.4, -0.2) is 43.0 Å². The Hall–Kier alpha value is -1.82. The van der Waals surface area contributed by atoms with E-state index in [1.54, 1.807) is 12.1 Å². The van der Waals surface area contributed by atoms with Gasteiger partial charge in [0.15, 0.2) is 0 Å². The molecule has 0 aromatic carbocycles. The Morgan fingerprint density at radius 1 is 1.33 bits per heavy atom. The summed E-state index contributed by atoms with van der Waals surface area (Å²) in [6.45, 7) is 8.74. The second kappa shape index (κ2) is 7.83. The zero-order valence-electron chi connectivity index (χ0n) is 13.3. The zero-order chi connectivity index (χ0) is 16.0. The number of amides is 1. The molecule has 0 saturated heterocycles. The number of carbonyl (C=O) groups is 2. The Morgan fingerprint density at radius 3 is 2.52 bits per heavy atom. The molecule has 0 aliphatic heterocycles. The molecule has 0 saturated carbocycles. The summed E-state index contributed by atoms with van der Waals surface area (Å²) in [5.41, 5.74) is 0. The first-order chi connectivity index (χ1) is 9.88. The summed E-state index contributed by atoms with van der Waals surface area (Å²) in [6, 6.07) is 3.33. The van der Waals surface area contributed by atoms with Gasteiger partial charge in [-0.2, -0.15) is 0 Å². The van der Waals surface area contributed by atoms with E-state index in [9.17, 15) is 9.59 Å². The lowest BCUT2D eigenvalue weighted by Gasteiger charge is -2.26. The molecule has 0 fully saturated rings. The van der Waals surface area contributed by atoms with Gasteiger partial charge in [-0.1, -0.05) is 6.92 Å². The highest BCUT2D eigenvalue weighted by atomic mass is 16.5. The minimum Gasteiger partial charge on any atom is -0.463 e. The average Bonchev–Trinajstić information content (AvgIpc) is 2.92. The molecule has 0 radical (unpaired) electrons. The average molecular weight is 296 g/mol. The van der Waals surface area contributed by atoms with Crippen molar-refractivity contribution in [3.8, 4) is 0 Å². The summed E-state index contributed by atoms with van der Waals surface area (Å²) < 4.78 is 10.1. The van der Waals surface area contributed by atoms with Crippen molar-refractivity contribution >= 4 is 11.9 Å². The maximum Gasteiger partial charge on any atom is 0.373 e. The summed E-state index contributed by atoms with van der Waals surface area (Å²) in [6.07, 6.45) is 0. The van der Waals surface area contributed by atoms with Gasteiger partial charge < -0.3 is 14.5 Å². The molecule has 0 aliphatic carbocycles. The third-order valence-corrected chi connectivity index (χ3v) is 3.18. The van der Waals surface area contributed by atoms with Gasteiger partial charge in [0.2, 0.25) is 11.7 Å². The lowest BCUT2D eigenvalue weighted by Crippen LogP contribution is -2.40. The van der Waals surface area contributed by atoms with Gasteiger partial charge in [-0.05, 0) is 39.4 Å². The topological polar surface area (TPSA) is 71.8 Å². The highest BCUT2D eigenvalue weighted by Gasteiger charge is 2.22. The fourth-order valence-electron chi connectivity index (χ4n) is 2.04. The molecule has 1 N–H and O–H groups in total. The van der Waals surface area contributed by atoms with Crippen molar-refractivity contribution in [2.45, 2.75) is 39.8 Å². The van der Waals surface area contributed by atoms with Crippen LogP contribution >= 0.6 is 0 Å². The summed E-state index contributed by atoms with van der Waals surface area (Å²) in [5.74, 6) is 0.268. The number of furan rings is 1. The van der Waals surface area contributed by atoms with E-state index in [1.165, 1.54) is 7.11 Å². The smallest absolute Gasteiger partial charge is 0.373 e. The first-order valence-electron chi connectivity index (χ1n) is 7.10. The van der Waals surface area contributed by atoms with Crippen molar-refractivity contribution in [3.63, 3.8) is 0 Å². The van der Waals surface area contributed by atoms with Crippen LogP contribution in [0.15, 0.2) is 16.5 Å². The van der Waals surface area contributed by atoms with E-state index < -0.39 is 5.97 Å². The normalized spacial score (nSPS) is 12.5. The molecule has 118 valence electrons. The van der Waals surface area contributed by atoms with Crippen LogP contribution in [0.25, 0.3) is 0 Å². The molecule has 1 heterocycles. The second-order valence-corrected chi connectivity index (χ2v) is 5.15. The summed E-state index contributed by atoms with van der Waals surface area (Å²) >= 11 is 0. The van der Waals surface area contributed by atoms with Crippen molar-refractivity contribution in [2.75, 3.05) is 20.2 Å². The third kappa shape index (κ3) is 4.90. The van der Waals surface area contributed by atoms with Crippen molar-refractivity contribution in [3.05, 3.63) is 23.7 Å². The van der Waals surface area contributed by atoms with E-state index >= 15 is 0 Å². The van der Waals surface area contributed by atoms with Gasteiger partial charge in [-0.3, -0.25) is 9.69 Å². The Morgan fingerprint density at radius 2 is 2.00 bits per heavy atom. The number of nitrogens with one attached hydrogen (secondary N) is 1. The minimum absolute atomic E-state index is 0.0292.